The van der Waals surface area contributed by atoms with E-state index in [9.17, 15) is 17.6 Å². The Morgan fingerprint density at radius 3 is 2.15 bits per heavy atom. The van der Waals surface area contributed by atoms with E-state index in [1.165, 1.54) is 22.6 Å². The first-order chi connectivity index (χ1) is 5.82. The normalized spacial score (nSPS) is 11.8. The van der Waals surface area contributed by atoms with E-state index in [-0.39, 0.29) is 3.57 Å². The second-order valence-corrected chi connectivity index (χ2v) is 3.81. The highest BCUT2D eigenvalue weighted by molar-refractivity contribution is 14.1. The molecule has 0 aliphatic heterocycles. The lowest BCUT2D eigenvalue weighted by Gasteiger charge is -2.10. The number of halogens is 6. The van der Waals surface area contributed by atoms with Crippen molar-refractivity contribution in [1.29, 1.82) is 0 Å². The van der Waals surface area contributed by atoms with Crippen molar-refractivity contribution in [3.05, 3.63) is 32.1 Å². The molecule has 0 nitrogen and oxygen atoms in total. The van der Waals surface area contributed by atoms with Gasteiger partial charge in [0.15, 0.2) is 0 Å². The zero-order chi connectivity index (χ0) is 10.2. The van der Waals surface area contributed by atoms with E-state index in [1.807, 2.05) is 0 Å². The Bertz CT molecular complexity index is 311. The molecule has 1 aromatic rings. The van der Waals surface area contributed by atoms with Gasteiger partial charge in [0, 0.05) is 3.57 Å². The first kappa shape index (κ1) is 11.0. The minimum Gasteiger partial charge on any atom is -0.207 e. The molecule has 1 aromatic carbocycles. The molecule has 0 spiro atoms. The summed E-state index contributed by atoms with van der Waals surface area (Å²) in [4.78, 5) is 0. The van der Waals surface area contributed by atoms with Gasteiger partial charge in [-0.2, -0.15) is 13.2 Å². The highest BCUT2D eigenvalue weighted by atomic mass is 127. The molecule has 0 unspecified atom stereocenters. The molecule has 0 heterocycles. The summed E-state index contributed by atoms with van der Waals surface area (Å²) in [5, 5.41) is -0.614. The monoisotopic (exact) mass is 324 g/mol. The Labute approximate surface area is 90.0 Å². The molecule has 0 N–H and O–H groups in total. The molecular weight excluding hydrogens is 322 g/mol. The number of hydrogen-bond acceptors (Lipinski definition) is 0. The summed E-state index contributed by atoms with van der Waals surface area (Å²) < 4.78 is 49.0. The van der Waals surface area contributed by atoms with Crippen LogP contribution < -0.4 is 0 Å². The molecule has 72 valence electrons. The van der Waals surface area contributed by atoms with Crippen molar-refractivity contribution in [3.8, 4) is 0 Å². The zero-order valence-electron chi connectivity index (χ0n) is 5.92. The van der Waals surface area contributed by atoms with E-state index < -0.39 is 22.6 Å². The summed E-state index contributed by atoms with van der Waals surface area (Å²) in [6.45, 7) is 0. The van der Waals surface area contributed by atoms with Gasteiger partial charge in [-0.25, -0.2) is 4.39 Å². The van der Waals surface area contributed by atoms with Crippen molar-refractivity contribution in [1.82, 2.24) is 0 Å². The summed E-state index contributed by atoms with van der Waals surface area (Å²) in [6, 6.07) is 1.43. The van der Waals surface area contributed by atoms with Crippen molar-refractivity contribution in [2.45, 2.75) is 6.18 Å². The van der Waals surface area contributed by atoms with Gasteiger partial charge in [0.25, 0.3) is 0 Å². The lowest BCUT2D eigenvalue weighted by Crippen LogP contribution is -2.08. The lowest BCUT2D eigenvalue weighted by molar-refractivity contribution is -0.138. The molecule has 0 aliphatic rings. The van der Waals surface area contributed by atoms with Gasteiger partial charge in [-0.3, -0.25) is 0 Å². The number of rotatable bonds is 0. The summed E-state index contributed by atoms with van der Waals surface area (Å²) in [7, 11) is 0. The quantitative estimate of drug-likeness (QED) is 0.498. The van der Waals surface area contributed by atoms with Crippen molar-refractivity contribution in [2.75, 3.05) is 0 Å². The van der Waals surface area contributed by atoms with Gasteiger partial charge in [-0.1, -0.05) is 11.6 Å². The summed E-state index contributed by atoms with van der Waals surface area (Å²) in [5.74, 6) is -0.776. The fourth-order valence-electron chi connectivity index (χ4n) is 0.813. The maximum Gasteiger partial charge on any atom is 0.418 e. The molecule has 0 fully saturated rings. The van der Waals surface area contributed by atoms with E-state index >= 15 is 0 Å². The summed E-state index contributed by atoms with van der Waals surface area (Å²) in [6.07, 6.45) is -4.54. The first-order valence-corrected chi connectivity index (χ1v) is 4.50. The van der Waals surface area contributed by atoms with E-state index in [0.717, 1.165) is 6.07 Å². The van der Waals surface area contributed by atoms with Crippen molar-refractivity contribution < 1.29 is 17.6 Å². The van der Waals surface area contributed by atoms with Gasteiger partial charge in [-0.15, -0.1) is 0 Å². The van der Waals surface area contributed by atoms with Crippen LogP contribution in [0.15, 0.2) is 12.1 Å². The van der Waals surface area contributed by atoms with Gasteiger partial charge in [0.2, 0.25) is 0 Å². The highest BCUT2D eigenvalue weighted by Gasteiger charge is 2.35. The van der Waals surface area contributed by atoms with Crippen LogP contribution in [0.3, 0.4) is 0 Å². The van der Waals surface area contributed by atoms with Crippen LogP contribution >= 0.6 is 34.2 Å². The maximum atomic E-state index is 12.5. The van der Waals surface area contributed by atoms with Crippen molar-refractivity contribution >= 4 is 34.2 Å². The van der Waals surface area contributed by atoms with Crippen molar-refractivity contribution in [3.63, 3.8) is 0 Å². The Hall–Kier alpha value is -0.0400. The predicted octanol–water partition coefficient (Wildman–Crippen LogP) is 4.10. The molecule has 0 atom stereocenters. The van der Waals surface area contributed by atoms with Gasteiger partial charge < -0.3 is 0 Å². The first-order valence-electron chi connectivity index (χ1n) is 3.04. The van der Waals surface area contributed by atoms with Gasteiger partial charge in [0.1, 0.15) is 5.82 Å². The van der Waals surface area contributed by atoms with Gasteiger partial charge >= 0.3 is 6.18 Å². The molecule has 0 aromatic heterocycles. The number of hydrogen-bond donors (Lipinski definition) is 0. The predicted molar refractivity (Wildman–Crippen MR) is 49.1 cm³/mol. The third-order valence-corrected chi connectivity index (χ3v) is 2.44. The summed E-state index contributed by atoms with van der Waals surface area (Å²) in [5.41, 5.74) is -0.990. The van der Waals surface area contributed by atoms with Crippen LogP contribution in [0, 0.1) is 9.39 Å². The van der Waals surface area contributed by atoms with E-state index in [1.54, 1.807) is 0 Å². The van der Waals surface area contributed by atoms with Crippen LogP contribution in [0.4, 0.5) is 17.6 Å². The fraction of sp³-hybridized carbons (Fsp3) is 0.143. The van der Waals surface area contributed by atoms with Crippen LogP contribution in [0.2, 0.25) is 5.02 Å². The average molecular weight is 324 g/mol. The third kappa shape index (κ3) is 2.46. The highest BCUT2D eigenvalue weighted by Crippen LogP contribution is 2.38. The zero-order valence-corrected chi connectivity index (χ0v) is 8.84. The molecule has 0 aliphatic carbocycles. The Kier molecular flexibility index (Phi) is 3.06. The van der Waals surface area contributed by atoms with E-state index in [2.05, 4.69) is 0 Å². The molecule has 6 heteroatoms. The van der Waals surface area contributed by atoms with Crippen LogP contribution in [-0.4, -0.2) is 0 Å². The second kappa shape index (κ2) is 3.61. The molecule has 0 bridgehead atoms. The van der Waals surface area contributed by atoms with Crippen LogP contribution in [0.5, 0.6) is 0 Å². The average Bonchev–Trinajstić information content (AvgIpc) is 1.78. The fourth-order valence-corrected chi connectivity index (χ4v) is 2.18. The molecule has 0 amide bonds. The molecule has 0 saturated carbocycles. The largest absolute Gasteiger partial charge is 0.418 e. The Balaban J connectivity index is 3.38. The molecule has 0 radical (unpaired) electrons. The minimum atomic E-state index is -4.54. The van der Waals surface area contributed by atoms with Crippen molar-refractivity contribution in [2.24, 2.45) is 0 Å². The van der Waals surface area contributed by atoms with E-state index in [0.29, 0.717) is 6.07 Å². The van der Waals surface area contributed by atoms with Gasteiger partial charge in [-0.05, 0) is 34.7 Å². The molecule has 0 saturated heterocycles. The SMILES string of the molecule is Fc1cc(Cl)c(C(F)(F)F)c(I)c1. The van der Waals surface area contributed by atoms with Crippen LogP contribution in [-0.2, 0) is 6.18 Å². The molecular formula is C7H2ClF4I. The number of alkyl halides is 3. The maximum absolute atomic E-state index is 12.5. The summed E-state index contributed by atoms with van der Waals surface area (Å²) >= 11 is 6.65. The van der Waals surface area contributed by atoms with Gasteiger partial charge in [0.05, 0.1) is 10.6 Å². The standard InChI is InChI=1S/C7H2ClF4I/c8-4-1-3(9)2-5(13)6(4)7(10,11)12/h1-2H. The Morgan fingerprint density at radius 1 is 1.23 bits per heavy atom. The van der Waals surface area contributed by atoms with E-state index in [4.69, 9.17) is 11.6 Å². The topological polar surface area (TPSA) is 0 Å². The molecule has 13 heavy (non-hydrogen) atoms. The van der Waals surface area contributed by atoms with Crippen LogP contribution in [0.25, 0.3) is 0 Å². The molecule has 1 rings (SSSR count). The van der Waals surface area contributed by atoms with Crippen LogP contribution in [0.1, 0.15) is 5.56 Å². The smallest absolute Gasteiger partial charge is 0.207 e. The lowest BCUT2D eigenvalue weighted by atomic mass is 10.2. The number of benzene rings is 1. The minimum absolute atomic E-state index is 0.241. The Morgan fingerprint density at radius 2 is 1.77 bits per heavy atom. The third-order valence-electron chi connectivity index (χ3n) is 1.29. The second-order valence-electron chi connectivity index (χ2n) is 2.24.